The Bertz CT molecular complexity index is 687. The van der Waals surface area contributed by atoms with Crippen molar-refractivity contribution in [2.24, 2.45) is 0 Å². The lowest BCUT2D eigenvalue weighted by Gasteiger charge is -2.12. The fraction of sp³-hybridized carbons (Fsp3) is 0.278. The Kier molecular flexibility index (Phi) is 6.57. The molecule has 5 nitrogen and oxygen atoms in total. The van der Waals surface area contributed by atoms with Crippen LogP contribution in [0.1, 0.15) is 22.8 Å². The zero-order chi connectivity index (χ0) is 17.4. The maximum Gasteiger partial charge on any atom is 0.339 e. The molecule has 0 bridgehead atoms. The Morgan fingerprint density at radius 1 is 1.12 bits per heavy atom. The molecule has 128 valence electrons. The quantitative estimate of drug-likeness (QED) is 0.711. The van der Waals surface area contributed by atoms with Crippen LogP contribution in [0.25, 0.3) is 0 Å². The number of hydrogen-bond acceptors (Lipinski definition) is 4. The molecule has 24 heavy (non-hydrogen) atoms. The van der Waals surface area contributed by atoms with E-state index in [0.717, 1.165) is 0 Å². The van der Waals surface area contributed by atoms with E-state index in [-0.39, 0.29) is 30.3 Å². The van der Waals surface area contributed by atoms with E-state index >= 15 is 0 Å². The first-order chi connectivity index (χ1) is 11.6. The van der Waals surface area contributed by atoms with Crippen LogP contribution in [0.15, 0.2) is 42.5 Å². The molecular weight excluding hydrogens is 315 g/mol. The molecule has 6 heteroatoms. The average Bonchev–Trinajstić information content (AvgIpc) is 2.57. The van der Waals surface area contributed by atoms with Crippen molar-refractivity contribution in [3.05, 3.63) is 59.4 Å². The van der Waals surface area contributed by atoms with E-state index in [4.69, 9.17) is 14.2 Å². The molecule has 2 aromatic rings. The summed E-state index contributed by atoms with van der Waals surface area (Å²) in [5.74, 6) is -0.841. The number of hydrogen-bond donors (Lipinski definition) is 1. The van der Waals surface area contributed by atoms with Gasteiger partial charge >= 0.3 is 5.97 Å². The van der Waals surface area contributed by atoms with Crippen molar-refractivity contribution in [3.63, 3.8) is 0 Å². The van der Waals surface area contributed by atoms with Gasteiger partial charge in [-0.25, -0.2) is 9.18 Å². The number of halogens is 1. The molecule has 0 saturated heterocycles. The number of rotatable bonds is 9. The highest BCUT2D eigenvalue weighted by atomic mass is 19.1. The van der Waals surface area contributed by atoms with Crippen molar-refractivity contribution >= 4 is 5.97 Å². The topological polar surface area (TPSA) is 65.0 Å². The third kappa shape index (κ3) is 5.24. The van der Waals surface area contributed by atoms with Crippen LogP contribution in [0.4, 0.5) is 4.39 Å². The Hall–Kier alpha value is -2.60. The monoisotopic (exact) mass is 334 g/mol. The Labute approximate surface area is 139 Å². The van der Waals surface area contributed by atoms with Crippen LogP contribution in [0.2, 0.25) is 0 Å². The molecule has 2 aromatic carbocycles. The number of carbonyl (C=O) groups is 1. The van der Waals surface area contributed by atoms with Gasteiger partial charge in [0, 0.05) is 6.61 Å². The minimum Gasteiger partial charge on any atom is -0.490 e. The van der Waals surface area contributed by atoms with Crippen LogP contribution in [0.5, 0.6) is 11.5 Å². The predicted molar refractivity (Wildman–Crippen MR) is 86.1 cm³/mol. The van der Waals surface area contributed by atoms with Gasteiger partial charge in [-0.1, -0.05) is 12.1 Å². The van der Waals surface area contributed by atoms with Gasteiger partial charge in [0.1, 0.15) is 36.1 Å². The van der Waals surface area contributed by atoms with Crippen LogP contribution >= 0.6 is 0 Å². The summed E-state index contributed by atoms with van der Waals surface area (Å²) in [4.78, 5) is 11.4. The van der Waals surface area contributed by atoms with E-state index < -0.39 is 5.97 Å². The standard InChI is InChI=1S/C18H19FO5/c1-2-22-8-9-23-17-7-6-15(11-16(17)18(20)21)24-12-13-4-3-5-14(19)10-13/h3-7,10-11H,2,8-9,12H2,1H3,(H,20,21). The Balaban J connectivity index is 2.03. The zero-order valence-corrected chi connectivity index (χ0v) is 13.3. The van der Waals surface area contributed by atoms with Gasteiger partial charge in [0.15, 0.2) is 0 Å². The van der Waals surface area contributed by atoms with Crippen molar-refractivity contribution in [3.8, 4) is 11.5 Å². The summed E-state index contributed by atoms with van der Waals surface area (Å²) in [7, 11) is 0. The largest absolute Gasteiger partial charge is 0.490 e. The molecule has 0 aliphatic carbocycles. The van der Waals surface area contributed by atoms with Crippen molar-refractivity contribution in [2.75, 3.05) is 19.8 Å². The van der Waals surface area contributed by atoms with Gasteiger partial charge in [0.05, 0.1) is 6.61 Å². The molecule has 0 aliphatic heterocycles. The summed E-state index contributed by atoms with van der Waals surface area (Å²) in [5.41, 5.74) is 0.659. The second-order valence-corrected chi connectivity index (χ2v) is 4.93. The summed E-state index contributed by atoms with van der Waals surface area (Å²) in [5, 5.41) is 9.30. The molecular formula is C18H19FO5. The molecule has 0 spiro atoms. The minimum absolute atomic E-state index is 0.00300. The number of aromatic carboxylic acids is 1. The van der Waals surface area contributed by atoms with Crippen molar-refractivity contribution in [1.29, 1.82) is 0 Å². The second-order valence-electron chi connectivity index (χ2n) is 4.93. The van der Waals surface area contributed by atoms with Gasteiger partial charge in [-0.3, -0.25) is 0 Å². The van der Waals surface area contributed by atoms with Crippen LogP contribution < -0.4 is 9.47 Å². The smallest absolute Gasteiger partial charge is 0.339 e. The van der Waals surface area contributed by atoms with E-state index in [0.29, 0.717) is 24.5 Å². The van der Waals surface area contributed by atoms with E-state index in [1.807, 2.05) is 6.92 Å². The first kappa shape index (κ1) is 17.7. The number of carboxylic acid groups (broad SMARTS) is 1. The molecule has 0 aliphatic rings. The van der Waals surface area contributed by atoms with Crippen LogP contribution in [0.3, 0.4) is 0 Å². The third-order valence-corrected chi connectivity index (χ3v) is 3.17. The molecule has 0 radical (unpaired) electrons. The Morgan fingerprint density at radius 2 is 1.96 bits per heavy atom. The molecule has 0 unspecified atom stereocenters. The van der Waals surface area contributed by atoms with E-state index in [1.54, 1.807) is 18.2 Å². The van der Waals surface area contributed by atoms with E-state index in [2.05, 4.69) is 0 Å². The maximum atomic E-state index is 13.1. The number of benzene rings is 2. The summed E-state index contributed by atoms with van der Waals surface area (Å²) in [6.45, 7) is 3.22. The molecule has 0 atom stereocenters. The predicted octanol–water partition coefficient (Wildman–Crippen LogP) is 3.52. The van der Waals surface area contributed by atoms with Gasteiger partial charge in [-0.05, 0) is 42.8 Å². The molecule has 1 N–H and O–H groups in total. The lowest BCUT2D eigenvalue weighted by Crippen LogP contribution is -2.09. The van der Waals surface area contributed by atoms with Gasteiger partial charge in [0.25, 0.3) is 0 Å². The summed E-state index contributed by atoms with van der Waals surface area (Å²) < 4.78 is 29.2. The summed E-state index contributed by atoms with van der Waals surface area (Å²) in [6.07, 6.45) is 0. The SMILES string of the molecule is CCOCCOc1ccc(OCc2cccc(F)c2)cc1C(=O)O. The molecule has 0 saturated carbocycles. The van der Waals surface area contributed by atoms with Crippen molar-refractivity contribution < 1.29 is 28.5 Å². The zero-order valence-electron chi connectivity index (χ0n) is 13.3. The third-order valence-electron chi connectivity index (χ3n) is 3.17. The first-order valence-electron chi connectivity index (χ1n) is 7.55. The first-order valence-corrected chi connectivity index (χ1v) is 7.55. The van der Waals surface area contributed by atoms with Gasteiger partial charge in [-0.2, -0.15) is 0 Å². The highest BCUT2D eigenvalue weighted by Crippen LogP contribution is 2.25. The average molecular weight is 334 g/mol. The van der Waals surface area contributed by atoms with Crippen LogP contribution in [-0.4, -0.2) is 30.9 Å². The minimum atomic E-state index is -1.11. The molecule has 2 rings (SSSR count). The molecule has 0 amide bonds. The van der Waals surface area contributed by atoms with Gasteiger partial charge in [0.2, 0.25) is 0 Å². The lowest BCUT2D eigenvalue weighted by molar-refractivity contribution is 0.0686. The summed E-state index contributed by atoms with van der Waals surface area (Å²) in [6, 6.07) is 10.6. The molecule has 0 aromatic heterocycles. The van der Waals surface area contributed by atoms with Crippen LogP contribution in [0, 0.1) is 5.82 Å². The Morgan fingerprint density at radius 3 is 2.67 bits per heavy atom. The van der Waals surface area contributed by atoms with Crippen LogP contribution in [-0.2, 0) is 11.3 Å². The fourth-order valence-electron chi connectivity index (χ4n) is 2.04. The van der Waals surface area contributed by atoms with E-state index in [9.17, 15) is 14.3 Å². The second kappa shape index (κ2) is 8.88. The maximum absolute atomic E-state index is 13.1. The highest BCUT2D eigenvalue weighted by molar-refractivity contribution is 5.91. The molecule has 0 fully saturated rings. The molecule has 0 heterocycles. The lowest BCUT2D eigenvalue weighted by atomic mass is 10.2. The van der Waals surface area contributed by atoms with Crippen molar-refractivity contribution in [1.82, 2.24) is 0 Å². The normalized spacial score (nSPS) is 10.4. The van der Waals surface area contributed by atoms with E-state index in [1.165, 1.54) is 24.3 Å². The van der Waals surface area contributed by atoms with Gasteiger partial charge in [-0.15, -0.1) is 0 Å². The van der Waals surface area contributed by atoms with Gasteiger partial charge < -0.3 is 19.3 Å². The number of carboxylic acids is 1. The van der Waals surface area contributed by atoms with Crippen molar-refractivity contribution in [2.45, 2.75) is 13.5 Å². The number of ether oxygens (including phenoxy) is 3. The highest BCUT2D eigenvalue weighted by Gasteiger charge is 2.13. The summed E-state index contributed by atoms with van der Waals surface area (Å²) >= 11 is 0. The fourth-order valence-corrected chi connectivity index (χ4v) is 2.04.